The van der Waals surface area contributed by atoms with Gasteiger partial charge in [0.05, 0.1) is 6.54 Å². The number of nitrogens with two attached hydrogens (primary N) is 1. The van der Waals surface area contributed by atoms with Gasteiger partial charge in [0.1, 0.15) is 0 Å². The van der Waals surface area contributed by atoms with Gasteiger partial charge in [-0.25, -0.2) is 4.68 Å². The number of hydrogen-bond donors (Lipinski definition) is 1. The Hall–Kier alpha value is -1.91. The van der Waals surface area contributed by atoms with Crippen molar-refractivity contribution in [2.24, 2.45) is 0 Å². The summed E-state index contributed by atoms with van der Waals surface area (Å²) in [4.78, 5) is 0. The van der Waals surface area contributed by atoms with Gasteiger partial charge in [-0.1, -0.05) is 29.4 Å². The Bertz CT molecular complexity index is 490. The van der Waals surface area contributed by atoms with Crippen LogP contribution in [0.3, 0.4) is 0 Å². The summed E-state index contributed by atoms with van der Waals surface area (Å²) in [5.41, 5.74) is 8.44. The maximum absolute atomic E-state index is 5.61. The first kappa shape index (κ1) is 8.40. The second-order valence-corrected chi connectivity index (χ2v) is 3.82. The minimum absolute atomic E-state index is 0.388. The van der Waals surface area contributed by atoms with E-state index in [0.29, 0.717) is 11.9 Å². The number of fused-ring (bicyclic) bond motifs is 1. The van der Waals surface area contributed by atoms with Crippen LogP contribution in [0, 0.1) is 0 Å². The van der Waals surface area contributed by atoms with Crippen molar-refractivity contribution in [3.05, 3.63) is 35.4 Å². The van der Waals surface area contributed by atoms with Gasteiger partial charge in [-0.15, -0.1) is 0 Å². The molecule has 0 fully saturated rings. The molecule has 0 saturated carbocycles. The fourth-order valence-corrected chi connectivity index (χ4v) is 2.08. The van der Waals surface area contributed by atoms with Crippen LogP contribution < -0.4 is 5.73 Å². The van der Waals surface area contributed by atoms with E-state index in [9.17, 15) is 0 Å². The lowest BCUT2D eigenvalue weighted by molar-refractivity contribution is 0.470. The topological polar surface area (TPSA) is 69.6 Å². The van der Waals surface area contributed by atoms with E-state index in [1.807, 2.05) is 0 Å². The summed E-state index contributed by atoms with van der Waals surface area (Å²) >= 11 is 0. The highest BCUT2D eigenvalue weighted by molar-refractivity contribution is 5.39. The van der Waals surface area contributed by atoms with E-state index >= 15 is 0 Å². The lowest BCUT2D eigenvalue weighted by atomic mass is 9.78. The van der Waals surface area contributed by atoms with Gasteiger partial charge in [0.25, 0.3) is 0 Å². The lowest BCUT2D eigenvalue weighted by Crippen LogP contribution is -2.23. The van der Waals surface area contributed by atoms with Crippen molar-refractivity contribution >= 4 is 5.95 Å². The molecule has 0 saturated heterocycles. The predicted octanol–water partition coefficient (Wildman–Crippen LogP) is 0.595. The van der Waals surface area contributed by atoms with E-state index in [1.54, 1.807) is 4.68 Å². The Kier molecular flexibility index (Phi) is 1.71. The fourth-order valence-electron chi connectivity index (χ4n) is 2.08. The maximum Gasteiger partial charge on any atom is 0.240 e. The predicted molar refractivity (Wildman–Crippen MR) is 55.1 cm³/mol. The molecule has 2 aromatic rings. The van der Waals surface area contributed by atoms with E-state index in [0.717, 1.165) is 13.0 Å². The van der Waals surface area contributed by atoms with Crippen LogP contribution in [0.25, 0.3) is 0 Å². The van der Waals surface area contributed by atoms with Gasteiger partial charge < -0.3 is 5.73 Å². The monoisotopic (exact) mass is 201 g/mol. The van der Waals surface area contributed by atoms with Crippen LogP contribution in [0.1, 0.15) is 17.0 Å². The van der Waals surface area contributed by atoms with Gasteiger partial charge in [-0.05, 0) is 28.0 Å². The number of rotatable bonds is 2. The van der Waals surface area contributed by atoms with E-state index in [1.165, 1.54) is 11.1 Å². The third-order valence-corrected chi connectivity index (χ3v) is 2.91. The van der Waals surface area contributed by atoms with Gasteiger partial charge in [-0.2, -0.15) is 0 Å². The van der Waals surface area contributed by atoms with Crippen LogP contribution in [0.5, 0.6) is 0 Å². The first-order chi connectivity index (χ1) is 7.34. The summed E-state index contributed by atoms with van der Waals surface area (Å²) in [5, 5.41) is 11.0. The van der Waals surface area contributed by atoms with Crippen molar-refractivity contribution < 1.29 is 0 Å². The Morgan fingerprint density at radius 1 is 1.40 bits per heavy atom. The van der Waals surface area contributed by atoms with E-state index < -0.39 is 0 Å². The Labute approximate surface area is 86.9 Å². The minimum atomic E-state index is 0.388. The third kappa shape index (κ3) is 1.27. The van der Waals surface area contributed by atoms with Crippen molar-refractivity contribution in [3.8, 4) is 0 Å². The average Bonchev–Trinajstić information content (AvgIpc) is 2.61. The fraction of sp³-hybridized carbons (Fsp3) is 0.300. The molecular weight excluding hydrogens is 190 g/mol. The molecule has 1 aromatic carbocycles. The molecule has 1 aromatic heterocycles. The summed E-state index contributed by atoms with van der Waals surface area (Å²) in [6.07, 6.45) is 1.09. The molecule has 0 bridgehead atoms. The molecule has 15 heavy (non-hydrogen) atoms. The Balaban J connectivity index is 1.81. The van der Waals surface area contributed by atoms with Crippen LogP contribution in [0.2, 0.25) is 0 Å². The number of anilines is 1. The first-order valence-corrected chi connectivity index (χ1v) is 4.94. The van der Waals surface area contributed by atoms with Crippen molar-refractivity contribution in [1.82, 2.24) is 20.2 Å². The maximum atomic E-state index is 5.61. The highest BCUT2D eigenvalue weighted by Crippen LogP contribution is 2.35. The molecule has 0 spiro atoms. The number of tetrazole rings is 1. The molecule has 5 nitrogen and oxygen atoms in total. The highest BCUT2D eigenvalue weighted by Gasteiger charge is 2.26. The number of nitrogen functional groups attached to an aromatic ring is 1. The van der Waals surface area contributed by atoms with Crippen LogP contribution in [-0.2, 0) is 13.0 Å². The molecule has 5 heteroatoms. The summed E-state index contributed by atoms with van der Waals surface area (Å²) in [7, 11) is 0. The van der Waals surface area contributed by atoms with Crippen LogP contribution in [0.15, 0.2) is 24.3 Å². The molecule has 0 aliphatic heterocycles. The van der Waals surface area contributed by atoms with Gasteiger partial charge in [0.2, 0.25) is 5.95 Å². The molecule has 1 atom stereocenters. The van der Waals surface area contributed by atoms with Gasteiger partial charge in [0.15, 0.2) is 0 Å². The smallest absolute Gasteiger partial charge is 0.240 e. The summed E-state index contributed by atoms with van der Waals surface area (Å²) in [6, 6.07) is 8.45. The average molecular weight is 201 g/mol. The molecule has 76 valence electrons. The molecule has 2 N–H and O–H groups in total. The Morgan fingerprint density at radius 2 is 2.27 bits per heavy atom. The lowest BCUT2D eigenvalue weighted by Gasteiger charge is -2.29. The van der Waals surface area contributed by atoms with Crippen LogP contribution in [-0.4, -0.2) is 20.2 Å². The first-order valence-electron chi connectivity index (χ1n) is 4.94. The third-order valence-electron chi connectivity index (χ3n) is 2.91. The zero-order valence-electron chi connectivity index (χ0n) is 8.17. The van der Waals surface area contributed by atoms with E-state index in [2.05, 4.69) is 39.8 Å². The van der Waals surface area contributed by atoms with Gasteiger partial charge >= 0.3 is 0 Å². The van der Waals surface area contributed by atoms with Gasteiger partial charge in [0, 0.05) is 5.92 Å². The molecule has 0 amide bonds. The van der Waals surface area contributed by atoms with Gasteiger partial charge in [-0.3, -0.25) is 0 Å². The largest absolute Gasteiger partial charge is 0.367 e. The Morgan fingerprint density at radius 3 is 3.00 bits per heavy atom. The van der Waals surface area contributed by atoms with Crippen LogP contribution >= 0.6 is 0 Å². The molecule has 1 aliphatic carbocycles. The number of benzene rings is 1. The summed E-state index contributed by atoms with van der Waals surface area (Å²) in [6.45, 7) is 0.774. The highest BCUT2D eigenvalue weighted by atomic mass is 15.6. The van der Waals surface area contributed by atoms with Crippen molar-refractivity contribution in [2.45, 2.75) is 18.9 Å². The number of nitrogens with zero attached hydrogens (tertiary/aromatic N) is 4. The minimum Gasteiger partial charge on any atom is -0.367 e. The SMILES string of the molecule is Nc1nnnn1CC1Cc2ccccc21. The summed E-state index contributed by atoms with van der Waals surface area (Å²) < 4.78 is 1.65. The summed E-state index contributed by atoms with van der Waals surface area (Å²) in [5.74, 6) is 0.895. The van der Waals surface area contributed by atoms with Crippen molar-refractivity contribution in [2.75, 3.05) is 5.73 Å². The molecule has 1 unspecified atom stereocenters. The van der Waals surface area contributed by atoms with Crippen molar-refractivity contribution in [1.29, 1.82) is 0 Å². The zero-order chi connectivity index (χ0) is 10.3. The quantitative estimate of drug-likeness (QED) is 0.772. The molecule has 1 aliphatic rings. The normalized spacial score (nSPS) is 18.3. The standard InChI is InChI=1S/C10H11N5/c11-10-12-13-14-15(10)6-8-5-7-3-1-2-4-9(7)8/h1-4,8H,5-6H2,(H2,11,12,14). The molecule has 1 heterocycles. The van der Waals surface area contributed by atoms with Crippen LogP contribution in [0.4, 0.5) is 5.95 Å². The van der Waals surface area contributed by atoms with Crippen molar-refractivity contribution in [3.63, 3.8) is 0 Å². The van der Waals surface area contributed by atoms with E-state index in [4.69, 9.17) is 5.73 Å². The molecular formula is C10H11N5. The number of aromatic nitrogens is 4. The number of hydrogen-bond acceptors (Lipinski definition) is 4. The molecule has 3 rings (SSSR count). The molecule has 0 radical (unpaired) electrons. The zero-order valence-corrected chi connectivity index (χ0v) is 8.17. The van der Waals surface area contributed by atoms with E-state index in [-0.39, 0.29) is 0 Å². The second kappa shape index (κ2) is 3.05. The second-order valence-electron chi connectivity index (χ2n) is 3.82.